The zero-order chi connectivity index (χ0) is 13.7. The van der Waals surface area contributed by atoms with Crippen LogP contribution in [0.25, 0.3) is 0 Å². The van der Waals surface area contributed by atoms with Gasteiger partial charge < -0.3 is 5.32 Å². The maximum absolute atomic E-state index is 6.25. The highest BCUT2D eigenvalue weighted by molar-refractivity contribution is 6.34. The van der Waals surface area contributed by atoms with Crippen LogP contribution in [0.15, 0.2) is 36.8 Å². The molecule has 0 saturated carbocycles. The van der Waals surface area contributed by atoms with Gasteiger partial charge in [-0.3, -0.25) is 9.97 Å². The fourth-order valence-electron chi connectivity index (χ4n) is 1.85. The largest absolute Gasteiger partial charge is 0.305 e. The van der Waals surface area contributed by atoms with Crippen molar-refractivity contribution in [2.75, 3.05) is 6.54 Å². The van der Waals surface area contributed by atoms with Crippen LogP contribution in [0.5, 0.6) is 0 Å². The molecule has 0 radical (unpaired) electrons. The predicted octanol–water partition coefficient (Wildman–Crippen LogP) is 3.87. The maximum Gasteiger partial charge on any atom is 0.0806 e. The Bertz CT molecular complexity index is 531. The van der Waals surface area contributed by atoms with Crippen LogP contribution in [-0.4, -0.2) is 16.5 Å². The Hall–Kier alpha value is -1.16. The van der Waals surface area contributed by atoms with Gasteiger partial charge in [-0.15, -0.1) is 0 Å². The molecule has 2 aromatic heterocycles. The number of aromatic nitrogens is 2. The third-order valence-corrected chi connectivity index (χ3v) is 3.24. The molecular weight excluding hydrogens is 281 g/mol. The summed E-state index contributed by atoms with van der Waals surface area (Å²) < 4.78 is 0. The molecule has 2 aromatic rings. The molecule has 0 aliphatic rings. The van der Waals surface area contributed by atoms with Gasteiger partial charge in [0.1, 0.15) is 0 Å². The van der Waals surface area contributed by atoms with Crippen molar-refractivity contribution in [3.63, 3.8) is 0 Å². The van der Waals surface area contributed by atoms with Crippen LogP contribution in [-0.2, 0) is 0 Å². The van der Waals surface area contributed by atoms with Crippen LogP contribution in [0.3, 0.4) is 0 Å². The third kappa shape index (κ3) is 3.66. The van der Waals surface area contributed by atoms with E-state index in [2.05, 4.69) is 22.2 Å². The van der Waals surface area contributed by atoms with E-state index in [1.165, 1.54) is 0 Å². The molecule has 19 heavy (non-hydrogen) atoms. The van der Waals surface area contributed by atoms with E-state index in [0.717, 1.165) is 24.2 Å². The summed E-state index contributed by atoms with van der Waals surface area (Å²) in [6.45, 7) is 2.99. The Morgan fingerprint density at radius 1 is 1.32 bits per heavy atom. The van der Waals surface area contributed by atoms with E-state index in [0.29, 0.717) is 10.0 Å². The van der Waals surface area contributed by atoms with E-state index in [1.54, 1.807) is 18.5 Å². The Kier molecular flexibility index (Phi) is 5.14. The molecular formula is C14H15Cl2N3. The van der Waals surface area contributed by atoms with E-state index in [4.69, 9.17) is 23.2 Å². The Labute approximate surface area is 123 Å². The van der Waals surface area contributed by atoms with Gasteiger partial charge in [-0.25, -0.2) is 0 Å². The van der Waals surface area contributed by atoms with Gasteiger partial charge in [-0.05, 0) is 30.7 Å². The average Bonchev–Trinajstić information content (AvgIpc) is 2.42. The monoisotopic (exact) mass is 295 g/mol. The van der Waals surface area contributed by atoms with Gasteiger partial charge in [0.2, 0.25) is 0 Å². The lowest BCUT2D eigenvalue weighted by Crippen LogP contribution is -2.24. The van der Waals surface area contributed by atoms with Crippen LogP contribution < -0.4 is 5.32 Å². The number of hydrogen-bond donors (Lipinski definition) is 1. The summed E-state index contributed by atoms with van der Waals surface area (Å²) in [7, 11) is 0. The first kappa shape index (κ1) is 14.3. The number of nitrogens with zero attached hydrogens (tertiary/aromatic N) is 2. The van der Waals surface area contributed by atoms with Crippen LogP contribution in [0.1, 0.15) is 30.6 Å². The molecule has 100 valence electrons. The molecule has 0 aliphatic carbocycles. The van der Waals surface area contributed by atoms with Crippen LogP contribution in [0, 0.1) is 0 Å². The lowest BCUT2D eigenvalue weighted by Gasteiger charge is -2.19. The standard InChI is InChI=1S/C14H15Cl2N3/c1-2-5-18-13(10-4-3-6-17-8-10)14-12(16)7-11(15)9-19-14/h3-4,6-9,13,18H,2,5H2,1H3. The average molecular weight is 296 g/mol. The van der Waals surface area contributed by atoms with Crippen molar-refractivity contribution >= 4 is 23.2 Å². The van der Waals surface area contributed by atoms with Crippen molar-refractivity contribution in [2.24, 2.45) is 0 Å². The summed E-state index contributed by atoms with van der Waals surface area (Å²) in [5, 5.41) is 4.53. The number of halogens is 2. The third-order valence-electron chi connectivity index (χ3n) is 2.73. The normalized spacial score (nSPS) is 12.4. The van der Waals surface area contributed by atoms with Crippen molar-refractivity contribution in [2.45, 2.75) is 19.4 Å². The Morgan fingerprint density at radius 2 is 2.16 bits per heavy atom. The van der Waals surface area contributed by atoms with Crippen molar-refractivity contribution < 1.29 is 0 Å². The maximum atomic E-state index is 6.25. The van der Waals surface area contributed by atoms with E-state index in [1.807, 2.05) is 18.3 Å². The van der Waals surface area contributed by atoms with Gasteiger partial charge in [-0.1, -0.05) is 36.2 Å². The Balaban J connectivity index is 2.37. The molecule has 0 aliphatic heterocycles. The Morgan fingerprint density at radius 3 is 2.79 bits per heavy atom. The first-order valence-electron chi connectivity index (χ1n) is 6.16. The van der Waals surface area contributed by atoms with Gasteiger partial charge >= 0.3 is 0 Å². The van der Waals surface area contributed by atoms with Gasteiger partial charge in [0.05, 0.1) is 21.8 Å². The fraction of sp³-hybridized carbons (Fsp3) is 0.286. The molecule has 0 fully saturated rings. The van der Waals surface area contributed by atoms with Crippen LogP contribution in [0.4, 0.5) is 0 Å². The minimum atomic E-state index is -0.0709. The molecule has 2 rings (SSSR count). The molecule has 3 nitrogen and oxygen atoms in total. The van der Waals surface area contributed by atoms with Crippen molar-refractivity contribution in [3.05, 3.63) is 58.1 Å². The molecule has 5 heteroatoms. The summed E-state index contributed by atoms with van der Waals surface area (Å²) in [4.78, 5) is 8.50. The molecule has 1 unspecified atom stereocenters. The second-order valence-electron chi connectivity index (χ2n) is 4.19. The van der Waals surface area contributed by atoms with Gasteiger partial charge in [0.15, 0.2) is 0 Å². The minimum Gasteiger partial charge on any atom is -0.305 e. The minimum absolute atomic E-state index is 0.0709. The molecule has 1 atom stereocenters. The number of pyridine rings is 2. The second-order valence-corrected chi connectivity index (χ2v) is 5.04. The highest BCUT2D eigenvalue weighted by Crippen LogP contribution is 2.28. The first-order valence-corrected chi connectivity index (χ1v) is 6.92. The molecule has 0 bridgehead atoms. The zero-order valence-electron chi connectivity index (χ0n) is 10.6. The van der Waals surface area contributed by atoms with E-state index in [9.17, 15) is 0 Å². The van der Waals surface area contributed by atoms with Crippen molar-refractivity contribution in [1.29, 1.82) is 0 Å². The van der Waals surface area contributed by atoms with Crippen LogP contribution >= 0.6 is 23.2 Å². The molecule has 0 saturated heterocycles. The summed E-state index contributed by atoms with van der Waals surface area (Å²) in [5.74, 6) is 0. The number of hydrogen-bond acceptors (Lipinski definition) is 3. The summed E-state index contributed by atoms with van der Waals surface area (Å²) in [6, 6.07) is 5.55. The second kappa shape index (κ2) is 6.85. The van der Waals surface area contributed by atoms with E-state index >= 15 is 0 Å². The van der Waals surface area contributed by atoms with Crippen molar-refractivity contribution in [1.82, 2.24) is 15.3 Å². The molecule has 1 N–H and O–H groups in total. The summed E-state index contributed by atoms with van der Waals surface area (Å²) in [5.41, 5.74) is 1.81. The molecule has 0 amide bonds. The topological polar surface area (TPSA) is 37.8 Å². The molecule has 0 aromatic carbocycles. The fourth-order valence-corrected chi connectivity index (χ4v) is 2.33. The SMILES string of the molecule is CCCNC(c1cccnc1)c1ncc(Cl)cc1Cl. The number of rotatable bonds is 5. The summed E-state index contributed by atoms with van der Waals surface area (Å²) >= 11 is 12.1. The van der Waals surface area contributed by atoms with Gasteiger partial charge in [0.25, 0.3) is 0 Å². The predicted molar refractivity (Wildman–Crippen MR) is 78.6 cm³/mol. The van der Waals surface area contributed by atoms with Gasteiger partial charge in [0, 0.05) is 18.6 Å². The lowest BCUT2D eigenvalue weighted by atomic mass is 10.0. The lowest BCUT2D eigenvalue weighted by molar-refractivity contribution is 0.585. The first-order chi connectivity index (χ1) is 9.22. The van der Waals surface area contributed by atoms with Crippen LogP contribution in [0.2, 0.25) is 10.0 Å². The zero-order valence-corrected chi connectivity index (χ0v) is 12.1. The highest BCUT2D eigenvalue weighted by Gasteiger charge is 2.18. The van der Waals surface area contributed by atoms with E-state index in [-0.39, 0.29) is 6.04 Å². The number of nitrogens with one attached hydrogen (secondary N) is 1. The highest BCUT2D eigenvalue weighted by atomic mass is 35.5. The van der Waals surface area contributed by atoms with Crippen molar-refractivity contribution in [3.8, 4) is 0 Å². The molecule has 0 spiro atoms. The molecule has 2 heterocycles. The summed E-state index contributed by atoms with van der Waals surface area (Å²) in [6.07, 6.45) is 6.21. The smallest absolute Gasteiger partial charge is 0.0806 e. The van der Waals surface area contributed by atoms with E-state index < -0.39 is 0 Å². The van der Waals surface area contributed by atoms with Gasteiger partial charge in [-0.2, -0.15) is 0 Å². The quantitative estimate of drug-likeness (QED) is 0.910.